The first-order valence-corrected chi connectivity index (χ1v) is 9.30. The number of guanidine groups is 1. The normalized spacial score (nSPS) is 10.9. The summed E-state index contributed by atoms with van der Waals surface area (Å²) in [7, 11) is 1.81. The maximum Gasteiger partial charge on any atom is 0.191 e. The number of aryl methyl sites for hydroxylation is 1. The van der Waals surface area contributed by atoms with Crippen LogP contribution in [0.5, 0.6) is 0 Å². The van der Waals surface area contributed by atoms with Gasteiger partial charge in [0, 0.05) is 36.1 Å². The zero-order valence-electron chi connectivity index (χ0n) is 14.9. The summed E-state index contributed by atoms with van der Waals surface area (Å²) in [6, 6.07) is 10.3. The fourth-order valence-corrected chi connectivity index (χ4v) is 3.14. The predicted molar refractivity (Wildman–Crippen MR) is 119 cm³/mol. The third kappa shape index (κ3) is 8.53. The molecule has 0 atom stereocenters. The number of anilines is 1. The van der Waals surface area contributed by atoms with Crippen molar-refractivity contribution < 1.29 is 0 Å². The molecule has 25 heavy (non-hydrogen) atoms. The number of nitrogens with zero attached hydrogens (tertiary/aromatic N) is 2. The summed E-state index contributed by atoms with van der Waals surface area (Å²) < 4.78 is 0. The van der Waals surface area contributed by atoms with Crippen molar-refractivity contribution in [3.8, 4) is 0 Å². The molecule has 2 aromatic heterocycles. The van der Waals surface area contributed by atoms with Gasteiger partial charge in [0.2, 0.25) is 0 Å². The molecule has 0 amide bonds. The number of pyridine rings is 1. The van der Waals surface area contributed by atoms with Gasteiger partial charge in [-0.05, 0) is 43.5 Å². The Kier molecular flexibility index (Phi) is 11.2. The van der Waals surface area contributed by atoms with Crippen LogP contribution >= 0.6 is 35.3 Å². The standard InChI is InChI=1S/C18H27N5S.HI/c1-3-15-9-10-16(24-15)14-23-18(19-2)22-13-7-6-12-21-17-8-4-5-11-20-17;/h4-5,8-11H,3,6-7,12-14H2,1-2H3,(H,20,21)(H2,19,22,23);1H. The van der Waals surface area contributed by atoms with E-state index < -0.39 is 0 Å². The van der Waals surface area contributed by atoms with Gasteiger partial charge in [-0.2, -0.15) is 0 Å². The number of hydrogen-bond acceptors (Lipinski definition) is 4. The number of hydrogen-bond donors (Lipinski definition) is 3. The number of aliphatic imine (C=N–C) groups is 1. The van der Waals surface area contributed by atoms with Gasteiger partial charge < -0.3 is 16.0 Å². The van der Waals surface area contributed by atoms with Gasteiger partial charge in [-0.25, -0.2) is 4.98 Å². The van der Waals surface area contributed by atoms with Crippen molar-refractivity contribution in [3.05, 3.63) is 46.3 Å². The van der Waals surface area contributed by atoms with E-state index in [0.29, 0.717) is 0 Å². The Morgan fingerprint density at radius 1 is 1.08 bits per heavy atom. The quantitative estimate of drug-likeness (QED) is 0.224. The number of halogens is 1. The number of nitrogens with one attached hydrogen (secondary N) is 3. The molecule has 0 aliphatic carbocycles. The zero-order chi connectivity index (χ0) is 17.0. The molecular formula is C18H28IN5S. The molecule has 138 valence electrons. The summed E-state index contributed by atoms with van der Waals surface area (Å²) in [5.41, 5.74) is 0. The molecule has 0 radical (unpaired) electrons. The highest BCUT2D eigenvalue weighted by Gasteiger charge is 2.01. The fraction of sp³-hybridized carbons (Fsp3) is 0.444. The highest BCUT2D eigenvalue weighted by Crippen LogP contribution is 2.16. The third-order valence-electron chi connectivity index (χ3n) is 3.59. The zero-order valence-corrected chi connectivity index (χ0v) is 18.1. The number of aromatic nitrogens is 1. The minimum Gasteiger partial charge on any atom is -0.370 e. The van der Waals surface area contributed by atoms with Gasteiger partial charge in [0.15, 0.2) is 5.96 Å². The van der Waals surface area contributed by atoms with E-state index in [2.05, 4.69) is 45.0 Å². The molecule has 0 saturated heterocycles. The summed E-state index contributed by atoms with van der Waals surface area (Å²) in [4.78, 5) is 11.3. The van der Waals surface area contributed by atoms with Crippen molar-refractivity contribution >= 4 is 47.1 Å². The lowest BCUT2D eigenvalue weighted by atomic mass is 10.3. The first-order valence-electron chi connectivity index (χ1n) is 8.49. The van der Waals surface area contributed by atoms with E-state index in [0.717, 1.165) is 50.7 Å². The Hall–Kier alpha value is -1.35. The van der Waals surface area contributed by atoms with Gasteiger partial charge in [-0.1, -0.05) is 13.0 Å². The Labute approximate surface area is 171 Å². The van der Waals surface area contributed by atoms with Crippen LogP contribution in [0.1, 0.15) is 29.5 Å². The van der Waals surface area contributed by atoms with E-state index in [9.17, 15) is 0 Å². The van der Waals surface area contributed by atoms with Crippen LogP contribution < -0.4 is 16.0 Å². The maximum absolute atomic E-state index is 4.27. The Morgan fingerprint density at radius 2 is 1.88 bits per heavy atom. The highest BCUT2D eigenvalue weighted by molar-refractivity contribution is 14.0. The number of unbranched alkanes of at least 4 members (excludes halogenated alkanes) is 1. The first kappa shape index (κ1) is 21.7. The van der Waals surface area contributed by atoms with Crippen LogP contribution in [-0.2, 0) is 13.0 Å². The van der Waals surface area contributed by atoms with Crippen LogP contribution in [0.3, 0.4) is 0 Å². The molecule has 0 fully saturated rings. The monoisotopic (exact) mass is 473 g/mol. The van der Waals surface area contributed by atoms with E-state index in [1.54, 1.807) is 6.20 Å². The summed E-state index contributed by atoms with van der Waals surface area (Å²) in [6.45, 7) is 4.85. The molecular weight excluding hydrogens is 445 g/mol. The van der Waals surface area contributed by atoms with Gasteiger partial charge in [-0.15, -0.1) is 35.3 Å². The van der Waals surface area contributed by atoms with Crippen molar-refractivity contribution in [1.82, 2.24) is 15.6 Å². The van der Waals surface area contributed by atoms with Crippen LogP contribution in [0.25, 0.3) is 0 Å². The Balaban J connectivity index is 0.00000312. The van der Waals surface area contributed by atoms with E-state index in [1.807, 2.05) is 36.6 Å². The Bertz CT molecular complexity index is 615. The third-order valence-corrected chi connectivity index (χ3v) is 4.82. The lowest BCUT2D eigenvalue weighted by Gasteiger charge is -2.11. The van der Waals surface area contributed by atoms with Crippen LogP contribution in [0.4, 0.5) is 5.82 Å². The second-order valence-electron chi connectivity index (χ2n) is 5.42. The van der Waals surface area contributed by atoms with Crippen molar-refractivity contribution in [3.63, 3.8) is 0 Å². The SMILES string of the molecule is CCc1ccc(CNC(=NC)NCCCCNc2ccccn2)s1.I. The summed E-state index contributed by atoms with van der Waals surface area (Å²) in [6.07, 6.45) is 5.08. The molecule has 0 spiro atoms. The minimum atomic E-state index is 0. The molecule has 0 aliphatic rings. The predicted octanol–water partition coefficient (Wildman–Crippen LogP) is 3.88. The molecule has 0 aromatic carbocycles. The average Bonchev–Trinajstić information content (AvgIpc) is 3.09. The van der Waals surface area contributed by atoms with E-state index in [1.165, 1.54) is 9.75 Å². The van der Waals surface area contributed by atoms with Crippen LogP contribution in [-0.4, -0.2) is 31.1 Å². The van der Waals surface area contributed by atoms with Gasteiger partial charge in [-0.3, -0.25) is 4.99 Å². The van der Waals surface area contributed by atoms with Crippen molar-refractivity contribution in [2.45, 2.75) is 32.7 Å². The Morgan fingerprint density at radius 3 is 2.56 bits per heavy atom. The minimum absolute atomic E-state index is 0. The molecule has 2 rings (SSSR count). The van der Waals surface area contributed by atoms with E-state index >= 15 is 0 Å². The molecule has 0 aliphatic heterocycles. The average molecular weight is 473 g/mol. The van der Waals surface area contributed by atoms with Crippen molar-refractivity contribution in [2.24, 2.45) is 4.99 Å². The van der Waals surface area contributed by atoms with Crippen molar-refractivity contribution in [1.29, 1.82) is 0 Å². The fourth-order valence-electron chi connectivity index (χ4n) is 2.24. The molecule has 2 heterocycles. The van der Waals surface area contributed by atoms with E-state index in [4.69, 9.17) is 0 Å². The van der Waals surface area contributed by atoms with Gasteiger partial charge in [0.1, 0.15) is 5.82 Å². The summed E-state index contributed by atoms with van der Waals surface area (Å²) in [5, 5.41) is 10.0. The van der Waals surface area contributed by atoms with Gasteiger partial charge in [0.25, 0.3) is 0 Å². The summed E-state index contributed by atoms with van der Waals surface area (Å²) in [5.74, 6) is 1.80. The van der Waals surface area contributed by atoms with Crippen LogP contribution in [0, 0.1) is 0 Å². The second-order valence-corrected chi connectivity index (χ2v) is 6.68. The summed E-state index contributed by atoms with van der Waals surface area (Å²) >= 11 is 1.86. The first-order chi connectivity index (χ1) is 11.8. The van der Waals surface area contributed by atoms with E-state index in [-0.39, 0.29) is 24.0 Å². The topological polar surface area (TPSA) is 61.3 Å². The largest absolute Gasteiger partial charge is 0.370 e. The smallest absolute Gasteiger partial charge is 0.191 e. The van der Waals surface area contributed by atoms with Crippen molar-refractivity contribution in [2.75, 3.05) is 25.5 Å². The molecule has 7 heteroatoms. The lowest BCUT2D eigenvalue weighted by Crippen LogP contribution is -2.37. The number of thiophene rings is 1. The molecule has 0 saturated carbocycles. The number of rotatable bonds is 9. The molecule has 3 N–H and O–H groups in total. The molecule has 5 nitrogen and oxygen atoms in total. The lowest BCUT2D eigenvalue weighted by molar-refractivity contribution is 0.712. The van der Waals surface area contributed by atoms with Crippen LogP contribution in [0.2, 0.25) is 0 Å². The maximum atomic E-state index is 4.27. The molecule has 2 aromatic rings. The highest BCUT2D eigenvalue weighted by atomic mass is 127. The second kappa shape index (κ2) is 12.9. The van der Waals surface area contributed by atoms with Gasteiger partial charge >= 0.3 is 0 Å². The molecule has 0 unspecified atom stereocenters. The molecule has 0 bridgehead atoms. The van der Waals surface area contributed by atoms with Crippen LogP contribution in [0.15, 0.2) is 41.5 Å². The van der Waals surface area contributed by atoms with Gasteiger partial charge in [0.05, 0.1) is 6.54 Å².